The lowest BCUT2D eigenvalue weighted by Gasteiger charge is -2.19. The number of benzene rings is 1. The predicted octanol–water partition coefficient (Wildman–Crippen LogP) is 3.29. The van der Waals surface area contributed by atoms with E-state index in [9.17, 15) is 4.79 Å². The molecule has 0 saturated carbocycles. The van der Waals surface area contributed by atoms with Gasteiger partial charge < -0.3 is 4.90 Å². The highest BCUT2D eigenvalue weighted by Crippen LogP contribution is 2.25. The van der Waals surface area contributed by atoms with Gasteiger partial charge in [0, 0.05) is 25.2 Å². The van der Waals surface area contributed by atoms with Gasteiger partial charge in [-0.2, -0.15) is 5.26 Å². The van der Waals surface area contributed by atoms with Gasteiger partial charge in [-0.25, -0.2) is 0 Å². The van der Waals surface area contributed by atoms with Gasteiger partial charge in [-0.15, -0.1) is 16.8 Å². The molecule has 0 unspecified atom stereocenters. The third-order valence-electron chi connectivity index (χ3n) is 3.86. The fraction of sp³-hybridized carbons (Fsp3) is 0.368. The first-order valence-corrected chi connectivity index (χ1v) is 9.47. The normalized spacial score (nSPS) is 10.3. The fourth-order valence-corrected chi connectivity index (χ4v) is 3.40. The first-order chi connectivity index (χ1) is 12.6. The summed E-state index contributed by atoms with van der Waals surface area (Å²) in [6, 6.07) is 10.2. The average Bonchev–Trinajstić information content (AvgIpc) is 3.03. The number of allylic oxidation sites excluding steroid dienone is 1. The lowest BCUT2D eigenvalue weighted by Crippen LogP contribution is -2.33. The van der Waals surface area contributed by atoms with Crippen molar-refractivity contribution < 1.29 is 4.79 Å². The molecule has 1 aromatic heterocycles. The van der Waals surface area contributed by atoms with Crippen LogP contribution in [0, 0.1) is 18.3 Å². The molecule has 7 heteroatoms. The van der Waals surface area contributed by atoms with E-state index in [-0.39, 0.29) is 11.7 Å². The number of hydrogen-bond acceptors (Lipinski definition) is 5. The van der Waals surface area contributed by atoms with Crippen LogP contribution >= 0.6 is 11.8 Å². The van der Waals surface area contributed by atoms with E-state index in [1.807, 2.05) is 36.6 Å². The van der Waals surface area contributed by atoms with E-state index >= 15 is 0 Å². The predicted molar refractivity (Wildman–Crippen MR) is 104 cm³/mol. The molecule has 0 atom stereocenters. The van der Waals surface area contributed by atoms with Gasteiger partial charge in [0.2, 0.25) is 5.91 Å². The lowest BCUT2D eigenvalue weighted by molar-refractivity contribution is -0.128. The van der Waals surface area contributed by atoms with E-state index in [1.54, 1.807) is 11.0 Å². The molecule has 0 fully saturated rings. The van der Waals surface area contributed by atoms with Crippen molar-refractivity contribution in [2.75, 3.05) is 18.8 Å². The Balaban J connectivity index is 2.16. The molecule has 136 valence electrons. The Morgan fingerprint density at radius 1 is 1.46 bits per heavy atom. The second kappa shape index (κ2) is 9.78. The quantitative estimate of drug-likeness (QED) is 0.501. The van der Waals surface area contributed by atoms with Gasteiger partial charge in [-0.1, -0.05) is 41.6 Å². The zero-order valence-electron chi connectivity index (χ0n) is 15.2. The van der Waals surface area contributed by atoms with Crippen molar-refractivity contribution in [1.29, 1.82) is 5.26 Å². The van der Waals surface area contributed by atoms with Crippen molar-refractivity contribution in [2.24, 2.45) is 0 Å². The Morgan fingerprint density at radius 2 is 2.27 bits per heavy atom. The Labute approximate surface area is 158 Å². The van der Waals surface area contributed by atoms with Crippen LogP contribution in [-0.4, -0.2) is 44.4 Å². The molecule has 0 radical (unpaired) electrons. The largest absolute Gasteiger partial charge is 0.341 e. The van der Waals surface area contributed by atoms with Gasteiger partial charge in [0.1, 0.15) is 0 Å². The number of nitriles is 1. The summed E-state index contributed by atoms with van der Waals surface area (Å²) in [5, 5.41) is 18.0. The summed E-state index contributed by atoms with van der Waals surface area (Å²) in [4.78, 5) is 14.0. The maximum Gasteiger partial charge on any atom is 0.233 e. The van der Waals surface area contributed by atoms with Crippen molar-refractivity contribution in [1.82, 2.24) is 19.7 Å². The van der Waals surface area contributed by atoms with Crippen LogP contribution in [0.3, 0.4) is 0 Å². The molecule has 0 saturated heterocycles. The zero-order chi connectivity index (χ0) is 18.9. The minimum atomic E-state index is -0.00184. The number of thioether (sulfide) groups is 1. The van der Waals surface area contributed by atoms with Crippen LogP contribution in [0.1, 0.15) is 18.9 Å². The van der Waals surface area contributed by atoms with Crippen LogP contribution in [0.5, 0.6) is 0 Å². The van der Waals surface area contributed by atoms with Crippen molar-refractivity contribution >= 4 is 17.7 Å². The standard InChI is InChI=1S/C19H23N5OS/c1-4-11-24-18(16-9-6-8-15(3)13-16)21-22-19(24)26-14-17(25)23(5-2)12-7-10-20/h4,6,8-9,13H,1,5,7,11-12,14H2,2-3H3. The molecule has 0 spiro atoms. The molecule has 0 N–H and O–H groups in total. The minimum absolute atomic E-state index is 0.00184. The fourth-order valence-electron chi connectivity index (χ4n) is 2.55. The van der Waals surface area contributed by atoms with Crippen molar-refractivity contribution in [3.8, 4) is 17.5 Å². The monoisotopic (exact) mass is 369 g/mol. The van der Waals surface area contributed by atoms with Gasteiger partial charge in [0.15, 0.2) is 11.0 Å². The van der Waals surface area contributed by atoms with E-state index in [0.717, 1.165) is 17.0 Å². The Bertz CT molecular complexity index is 809. The summed E-state index contributed by atoms with van der Waals surface area (Å²) in [7, 11) is 0. The average molecular weight is 369 g/mol. The molecule has 0 bridgehead atoms. The van der Waals surface area contributed by atoms with E-state index < -0.39 is 0 Å². The van der Waals surface area contributed by atoms with Crippen molar-refractivity contribution in [3.05, 3.63) is 42.5 Å². The number of aryl methyl sites for hydroxylation is 1. The van der Waals surface area contributed by atoms with E-state index in [1.165, 1.54) is 11.8 Å². The zero-order valence-corrected chi connectivity index (χ0v) is 16.0. The van der Waals surface area contributed by atoms with Crippen LogP contribution < -0.4 is 0 Å². The molecule has 2 aromatic rings. The molecule has 0 aliphatic rings. The highest BCUT2D eigenvalue weighted by molar-refractivity contribution is 7.99. The molecular formula is C19H23N5OS. The summed E-state index contributed by atoms with van der Waals surface area (Å²) in [6.45, 7) is 9.37. The molecule has 26 heavy (non-hydrogen) atoms. The highest BCUT2D eigenvalue weighted by atomic mass is 32.2. The maximum atomic E-state index is 12.4. The van der Waals surface area contributed by atoms with Gasteiger partial charge in [0.05, 0.1) is 18.2 Å². The molecule has 0 aliphatic carbocycles. The number of hydrogen-bond donors (Lipinski definition) is 0. The molecule has 6 nitrogen and oxygen atoms in total. The summed E-state index contributed by atoms with van der Waals surface area (Å²) in [5.41, 5.74) is 2.14. The first-order valence-electron chi connectivity index (χ1n) is 8.49. The first kappa shape index (κ1) is 19.7. The van der Waals surface area contributed by atoms with Crippen molar-refractivity contribution in [2.45, 2.75) is 32.0 Å². The third kappa shape index (κ3) is 4.96. The molecule has 1 heterocycles. The van der Waals surface area contributed by atoms with E-state index in [0.29, 0.717) is 31.2 Å². The highest BCUT2D eigenvalue weighted by Gasteiger charge is 2.17. The number of amides is 1. The minimum Gasteiger partial charge on any atom is -0.341 e. The number of carbonyl (C=O) groups excluding carboxylic acids is 1. The van der Waals surface area contributed by atoms with Crippen LogP contribution in [0.4, 0.5) is 0 Å². The summed E-state index contributed by atoms with van der Waals surface area (Å²) in [5.74, 6) is 1.03. The van der Waals surface area contributed by atoms with Crippen LogP contribution in [0.15, 0.2) is 42.1 Å². The lowest BCUT2D eigenvalue weighted by atomic mass is 10.1. The maximum absolute atomic E-state index is 12.4. The number of rotatable bonds is 9. The number of nitrogens with zero attached hydrogens (tertiary/aromatic N) is 5. The molecule has 1 amide bonds. The van der Waals surface area contributed by atoms with Crippen LogP contribution in [-0.2, 0) is 11.3 Å². The molecule has 0 aliphatic heterocycles. The smallest absolute Gasteiger partial charge is 0.233 e. The van der Waals surface area contributed by atoms with Gasteiger partial charge in [-0.3, -0.25) is 9.36 Å². The Kier molecular flexibility index (Phi) is 7.42. The third-order valence-corrected chi connectivity index (χ3v) is 4.81. The second-order valence-corrected chi connectivity index (χ2v) is 6.69. The Hall–Kier alpha value is -2.59. The van der Waals surface area contributed by atoms with Gasteiger partial charge in [-0.05, 0) is 19.9 Å². The van der Waals surface area contributed by atoms with E-state index in [2.05, 4.69) is 28.9 Å². The van der Waals surface area contributed by atoms with Crippen LogP contribution in [0.2, 0.25) is 0 Å². The Morgan fingerprint density at radius 3 is 2.92 bits per heavy atom. The topological polar surface area (TPSA) is 74.8 Å². The summed E-state index contributed by atoms with van der Waals surface area (Å²) in [6.07, 6.45) is 2.13. The van der Waals surface area contributed by atoms with Crippen molar-refractivity contribution in [3.63, 3.8) is 0 Å². The van der Waals surface area contributed by atoms with Gasteiger partial charge >= 0.3 is 0 Å². The molecule has 1 aromatic carbocycles. The van der Waals surface area contributed by atoms with E-state index in [4.69, 9.17) is 5.26 Å². The number of aromatic nitrogens is 3. The summed E-state index contributed by atoms with van der Waals surface area (Å²) < 4.78 is 1.96. The van der Waals surface area contributed by atoms with Crippen LogP contribution in [0.25, 0.3) is 11.4 Å². The molecule has 2 rings (SSSR count). The SMILES string of the molecule is C=CCn1c(SCC(=O)N(CC)CCC#N)nnc1-c1cccc(C)c1. The summed E-state index contributed by atoms with van der Waals surface area (Å²) >= 11 is 1.36. The number of carbonyl (C=O) groups is 1. The van der Waals surface area contributed by atoms with Gasteiger partial charge in [0.25, 0.3) is 0 Å². The second-order valence-electron chi connectivity index (χ2n) is 5.75. The molecular weight excluding hydrogens is 346 g/mol.